The molecule has 128 valence electrons. The van der Waals surface area contributed by atoms with E-state index in [-0.39, 0.29) is 0 Å². The Labute approximate surface area is 146 Å². The molecule has 0 unspecified atom stereocenters. The Morgan fingerprint density at radius 1 is 1.08 bits per heavy atom. The zero-order chi connectivity index (χ0) is 17.0. The van der Waals surface area contributed by atoms with Gasteiger partial charge < -0.3 is 4.74 Å². The average molecular weight is 323 g/mol. The van der Waals surface area contributed by atoms with Gasteiger partial charge in [0, 0.05) is 6.08 Å². The van der Waals surface area contributed by atoms with Gasteiger partial charge >= 0.3 is 0 Å². The molecule has 0 aromatic heterocycles. The van der Waals surface area contributed by atoms with Crippen LogP contribution in [0.2, 0.25) is 0 Å². The zero-order valence-electron chi connectivity index (χ0n) is 14.8. The molecule has 1 aromatic carbocycles. The van der Waals surface area contributed by atoms with Crippen molar-refractivity contribution < 1.29 is 4.74 Å². The highest BCUT2D eigenvalue weighted by molar-refractivity contribution is 5.22. The van der Waals surface area contributed by atoms with Crippen LogP contribution in [0.25, 0.3) is 0 Å². The minimum Gasteiger partial charge on any atom is -0.374 e. The molecule has 0 saturated heterocycles. The summed E-state index contributed by atoms with van der Waals surface area (Å²) in [5.74, 6) is 0.631. The Hall–Kier alpha value is -1.85. The summed E-state index contributed by atoms with van der Waals surface area (Å²) in [6, 6.07) is 10.9. The van der Waals surface area contributed by atoms with Gasteiger partial charge in [0.25, 0.3) is 0 Å². The molecule has 1 fully saturated rings. The SMILES string of the molecule is CCCCc1ccc(CO[C@H]2CC[C@H](C=CC=CC#N)CC2)cc1. The molecule has 2 rings (SSSR count). The molecule has 0 amide bonds. The second kappa shape index (κ2) is 10.8. The summed E-state index contributed by atoms with van der Waals surface area (Å²) in [5.41, 5.74) is 2.71. The molecule has 1 aliphatic rings. The van der Waals surface area contributed by atoms with Crippen molar-refractivity contribution in [2.45, 2.75) is 64.6 Å². The molecule has 0 bridgehead atoms. The molecular weight excluding hydrogens is 294 g/mol. The van der Waals surface area contributed by atoms with Crippen molar-refractivity contribution in [3.05, 3.63) is 59.7 Å². The van der Waals surface area contributed by atoms with Gasteiger partial charge in [-0.25, -0.2) is 0 Å². The molecule has 1 aromatic rings. The third kappa shape index (κ3) is 6.72. The van der Waals surface area contributed by atoms with E-state index in [0.29, 0.717) is 12.0 Å². The molecule has 1 aliphatic carbocycles. The Kier molecular flexibility index (Phi) is 8.35. The van der Waals surface area contributed by atoms with Crippen molar-refractivity contribution in [1.29, 1.82) is 5.26 Å². The van der Waals surface area contributed by atoms with E-state index in [0.717, 1.165) is 19.4 Å². The number of hydrogen-bond donors (Lipinski definition) is 0. The fourth-order valence-corrected chi connectivity index (χ4v) is 3.16. The van der Waals surface area contributed by atoms with Gasteiger partial charge in [0.2, 0.25) is 0 Å². The van der Waals surface area contributed by atoms with E-state index >= 15 is 0 Å². The molecule has 24 heavy (non-hydrogen) atoms. The van der Waals surface area contributed by atoms with E-state index in [9.17, 15) is 0 Å². The molecule has 2 heteroatoms. The number of benzene rings is 1. The van der Waals surface area contributed by atoms with Crippen molar-refractivity contribution >= 4 is 0 Å². The minimum absolute atomic E-state index is 0.393. The maximum absolute atomic E-state index is 8.46. The van der Waals surface area contributed by atoms with Crippen LogP contribution in [0.1, 0.15) is 56.6 Å². The third-order valence-electron chi connectivity index (χ3n) is 4.71. The summed E-state index contributed by atoms with van der Waals surface area (Å²) in [5, 5.41) is 8.46. The summed E-state index contributed by atoms with van der Waals surface area (Å²) in [6.07, 6.45) is 16.2. The average Bonchev–Trinajstić information content (AvgIpc) is 2.64. The van der Waals surface area contributed by atoms with E-state index in [1.165, 1.54) is 49.3 Å². The fourth-order valence-electron chi connectivity index (χ4n) is 3.16. The lowest BCUT2D eigenvalue weighted by Crippen LogP contribution is -2.20. The number of unbranched alkanes of at least 4 members (excludes halogenated alkanes) is 1. The first-order valence-corrected chi connectivity index (χ1v) is 9.24. The number of nitrogens with zero attached hydrogens (tertiary/aromatic N) is 1. The smallest absolute Gasteiger partial charge is 0.0912 e. The quantitative estimate of drug-likeness (QED) is 0.451. The lowest BCUT2D eigenvalue weighted by Gasteiger charge is -2.26. The van der Waals surface area contributed by atoms with E-state index < -0.39 is 0 Å². The van der Waals surface area contributed by atoms with Crippen molar-refractivity contribution in [1.82, 2.24) is 0 Å². The Bertz CT molecular complexity index is 557. The molecule has 0 heterocycles. The first kappa shape index (κ1) is 18.5. The van der Waals surface area contributed by atoms with Gasteiger partial charge in [-0.15, -0.1) is 0 Å². The van der Waals surface area contributed by atoms with Crippen LogP contribution in [0.3, 0.4) is 0 Å². The fraction of sp³-hybridized carbons (Fsp3) is 0.500. The van der Waals surface area contributed by atoms with Gasteiger partial charge in [0.1, 0.15) is 0 Å². The van der Waals surface area contributed by atoms with Crippen LogP contribution in [0.5, 0.6) is 0 Å². The Morgan fingerprint density at radius 2 is 1.79 bits per heavy atom. The largest absolute Gasteiger partial charge is 0.374 e. The van der Waals surface area contributed by atoms with Crippen molar-refractivity contribution in [2.24, 2.45) is 5.92 Å². The maximum atomic E-state index is 8.46. The van der Waals surface area contributed by atoms with E-state index in [2.05, 4.69) is 37.3 Å². The molecule has 0 aliphatic heterocycles. The number of ether oxygens (including phenoxy) is 1. The maximum Gasteiger partial charge on any atom is 0.0912 e. The van der Waals surface area contributed by atoms with Crippen LogP contribution in [0, 0.1) is 17.2 Å². The third-order valence-corrected chi connectivity index (χ3v) is 4.71. The van der Waals surface area contributed by atoms with Crippen LogP contribution in [-0.2, 0) is 17.8 Å². The number of aryl methyl sites for hydroxylation is 1. The summed E-state index contributed by atoms with van der Waals surface area (Å²) < 4.78 is 6.10. The van der Waals surface area contributed by atoms with Gasteiger partial charge in [-0.05, 0) is 55.6 Å². The zero-order valence-corrected chi connectivity index (χ0v) is 14.8. The standard InChI is InChI=1S/C22H29NO/c1-2-3-7-19-9-11-21(12-10-19)18-24-22-15-13-20(14-16-22)8-5-4-6-17-23/h4-6,8-12,20,22H,2-3,7,13-16,18H2,1H3/t20-,22-. The van der Waals surface area contributed by atoms with Crippen LogP contribution in [0.15, 0.2) is 48.6 Å². The van der Waals surface area contributed by atoms with Gasteiger partial charge in [0.05, 0.1) is 18.8 Å². The minimum atomic E-state index is 0.393. The topological polar surface area (TPSA) is 33.0 Å². The van der Waals surface area contributed by atoms with E-state index in [4.69, 9.17) is 10.00 Å². The van der Waals surface area contributed by atoms with Crippen molar-refractivity contribution in [3.63, 3.8) is 0 Å². The molecule has 2 nitrogen and oxygen atoms in total. The van der Waals surface area contributed by atoms with Gasteiger partial charge in [0.15, 0.2) is 0 Å². The second-order valence-corrected chi connectivity index (χ2v) is 6.64. The molecule has 0 radical (unpaired) electrons. The summed E-state index contributed by atoms with van der Waals surface area (Å²) in [4.78, 5) is 0. The summed E-state index contributed by atoms with van der Waals surface area (Å²) >= 11 is 0. The van der Waals surface area contributed by atoms with E-state index in [1.54, 1.807) is 0 Å². The van der Waals surface area contributed by atoms with Crippen LogP contribution >= 0.6 is 0 Å². The summed E-state index contributed by atoms with van der Waals surface area (Å²) in [6.45, 7) is 2.96. The van der Waals surface area contributed by atoms with Crippen LogP contribution in [-0.4, -0.2) is 6.10 Å². The molecule has 0 spiro atoms. The number of allylic oxidation sites excluding steroid dienone is 4. The predicted molar refractivity (Wildman–Crippen MR) is 99.5 cm³/mol. The molecule has 1 saturated carbocycles. The highest BCUT2D eigenvalue weighted by atomic mass is 16.5. The molecule has 0 atom stereocenters. The Morgan fingerprint density at radius 3 is 2.46 bits per heavy atom. The summed E-state index contributed by atoms with van der Waals surface area (Å²) in [7, 11) is 0. The van der Waals surface area contributed by atoms with Gasteiger partial charge in [-0.1, -0.05) is 55.8 Å². The first-order valence-electron chi connectivity index (χ1n) is 9.24. The molecule has 0 N–H and O–H groups in total. The second-order valence-electron chi connectivity index (χ2n) is 6.64. The highest BCUT2D eigenvalue weighted by Gasteiger charge is 2.19. The van der Waals surface area contributed by atoms with Crippen molar-refractivity contribution in [2.75, 3.05) is 0 Å². The van der Waals surface area contributed by atoms with Crippen LogP contribution < -0.4 is 0 Å². The lowest BCUT2D eigenvalue weighted by atomic mass is 9.87. The molecular formula is C22H29NO. The predicted octanol–water partition coefficient (Wildman–Crippen LogP) is 5.74. The lowest BCUT2D eigenvalue weighted by molar-refractivity contribution is 0.0110. The highest BCUT2D eigenvalue weighted by Crippen LogP contribution is 2.27. The Balaban J connectivity index is 1.68. The normalized spacial score (nSPS) is 21.3. The van der Waals surface area contributed by atoms with E-state index in [1.807, 2.05) is 18.2 Å². The van der Waals surface area contributed by atoms with Crippen LogP contribution in [0.4, 0.5) is 0 Å². The first-order chi connectivity index (χ1) is 11.8. The monoisotopic (exact) mass is 323 g/mol. The van der Waals surface area contributed by atoms with Gasteiger partial charge in [-0.3, -0.25) is 0 Å². The number of nitriles is 1. The number of rotatable bonds is 8. The number of hydrogen-bond acceptors (Lipinski definition) is 2. The van der Waals surface area contributed by atoms with Crippen molar-refractivity contribution in [3.8, 4) is 6.07 Å². The van der Waals surface area contributed by atoms with Gasteiger partial charge in [-0.2, -0.15) is 5.26 Å².